The van der Waals surface area contributed by atoms with E-state index in [1.165, 1.54) is 0 Å². The second-order valence-corrected chi connectivity index (χ2v) is 6.28. The minimum Gasteiger partial charge on any atom is -0.381 e. The predicted octanol–water partition coefficient (Wildman–Crippen LogP) is 2.40. The number of hydrogen-bond acceptors (Lipinski definition) is 5. The van der Waals surface area contributed by atoms with Crippen molar-refractivity contribution >= 4 is 22.6 Å². The molecule has 0 bridgehead atoms. The summed E-state index contributed by atoms with van der Waals surface area (Å²) in [5.41, 5.74) is 2.88. The fourth-order valence-corrected chi connectivity index (χ4v) is 3.04. The molecule has 1 fully saturated rings. The van der Waals surface area contributed by atoms with Gasteiger partial charge in [-0.3, -0.25) is 9.48 Å². The molecule has 128 valence electrons. The lowest BCUT2D eigenvalue weighted by Gasteiger charge is -2.20. The number of anilines is 1. The summed E-state index contributed by atoms with van der Waals surface area (Å²) in [4.78, 5) is 12.3. The van der Waals surface area contributed by atoms with Crippen molar-refractivity contribution in [2.75, 3.05) is 18.5 Å². The molecule has 1 aliphatic rings. The van der Waals surface area contributed by atoms with Crippen LogP contribution in [0.25, 0.3) is 22.0 Å². The standard InChI is InChI=1S/C18H19N5O2/c1-23-11-15(10-19-23)13-2-3-16-14(8-13)9-17(22-21-16)20-18(24)12-4-6-25-7-5-12/h2-3,8-12H,4-7H2,1H3,(H,20,22,24). The first-order valence-electron chi connectivity index (χ1n) is 8.34. The molecule has 7 nitrogen and oxygen atoms in total. The van der Waals surface area contributed by atoms with Gasteiger partial charge in [0.05, 0.1) is 11.7 Å². The third-order valence-electron chi connectivity index (χ3n) is 4.47. The molecule has 0 radical (unpaired) electrons. The smallest absolute Gasteiger partial charge is 0.228 e. The van der Waals surface area contributed by atoms with E-state index in [1.54, 1.807) is 4.68 Å². The van der Waals surface area contributed by atoms with Gasteiger partial charge in [0.2, 0.25) is 5.91 Å². The quantitative estimate of drug-likeness (QED) is 0.793. The number of amides is 1. The molecule has 1 aliphatic heterocycles. The molecule has 3 heterocycles. The molecule has 7 heteroatoms. The predicted molar refractivity (Wildman–Crippen MR) is 93.9 cm³/mol. The molecule has 0 aliphatic carbocycles. The lowest BCUT2D eigenvalue weighted by atomic mass is 9.99. The van der Waals surface area contributed by atoms with Crippen molar-refractivity contribution in [3.8, 4) is 11.1 Å². The summed E-state index contributed by atoms with van der Waals surface area (Å²) in [6.07, 6.45) is 5.28. The molecule has 3 aromatic rings. The van der Waals surface area contributed by atoms with Crippen molar-refractivity contribution in [3.05, 3.63) is 36.7 Å². The normalized spacial score (nSPS) is 15.4. The van der Waals surface area contributed by atoms with Gasteiger partial charge in [0.1, 0.15) is 0 Å². The molecule has 25 heavy (non-hydrogen) atoms. The second-order valence-electron chi connectivity index (χ2n) is 6.28. The van der Waals surface area contributed by atoms with Gasteiger partial charge in [0, 0.05) is 43.3 Å². The van der Waals surface area contributed by atoms with Crippen molar-refractivity contribution in [1.29, 1.82) is 0 Å². The molecule has 1 amide bonds. The summed E-state index contributed by atoms with van der Waals surface area (Å²) in [6, 6.07) is 7.81. The van der Waals surface area contributed by atoms with Gasteiger partial charge in [-0.15, -0.1) is 10.2 Å². The zero-order chi connectivity index (χ0) is 17.2. The largest absolute Gasteiger partial charge is 0.381 e. The van der Waals surface area contributed by atoms with Crippen LogP contribution in [0.5, 0.6) is 0 Å². The lowest BCUT2D eigenvalue weighted by Crippen LogP contribution is -2.28. The van der Waals surface area contributed by atoms with E-state index in [0.717, 1.165) is 34.9 Å². The maximum atomic E-state index is 12.3. The second kappa shape index (κ2) is 6.60. The first-order chi connectivity index (χ1) is 12.2. The maximum absolute atomic E-state index is 12.3. The van der Waals surface area contributed by atoms with Crippen LogP contribution in [0.4, 0.5) is 5.82 Å². The van der Waals surface area contributed by atoms with Crippen LogP contribution in [-0.4, -0.2) is 39.1 Å². The minimum atomic E-state index is -0.0204. The van der Waals surface area contributed by atoms with E-state index in [0.29, 0.717) is 19.0 Å². The monoisotopic (exact) mass is 337 g/mol. The number of nitrogens with zero attached hydrogens (tertiary/aromatic N) is 4. The number of carbonyl (C=O) groups excluding carboxylic acids is 1. The van der Waals surface area contributed by atoms with Crippen LogP contribution in [0.3, 0.4) is 0 Å². The fraction of sp³-hybridized carbons (Fsp3) is 0.333. The molecule has 4 rings (SSSR count). The van der Waals surface area contributed by atoms with Crippen LogP contribution in [0.1, 0.15) is 12.8 Å². The van der Waals surface area contributed by atoms with E-state index in [4.69, 9.17) is 4.74 Å². The van der Waals surface area contributed by atoms with Crippen molar-refractivity contribution in [3.63, 3.8) is 0 Å². The number of nitrogens with one attached hydrogen (secondary N) is 1. The Kier molecular flexibility index (Phi) is 4.15. The van der Waals surface area contributed by atoms with Gasteiger partial charge < -0.3 is 10.1 Å². The molecule has 0 spiro atoms. The number of benzene rings is 1. The Labute approximate surface area is 145 Å². The number of fused-ring (bicyclic) bond motifs is 1. The molecule has 1 aromatic carbocycles. The van der Waals surface area contributed by atoms with Gasteiger partial charge in [-0.25, -0.2) is 0 Å². The number of aryl methyl sites for hydroxylation is 1. The zero-order valence-corrected chi connectivity index (χ0v) is 14.0. The highest BCUT2D eigenvalue weighted by molar-refractivity contribution is 5.94. The highest BCUT2D eigenvalue weighted by Crippen LogP contribution is 2.24. The molecule has 0 saturated carbocycles. The third-order valence-corrected chi connectivity index (χ3v) is 4.47. The van der Waals surface area contributed by atoms with Crippen molar-refractivity contribution in [2.45, 2.75) is 12.8 Å². The molecule has 0 unspecified atom stereocenters. The van der Waals surface area contributed by atoms with Crippen LogP contribution in [0.15, 0.2) is 36.7 Å². The first kappa shape index (κ1) is 15.7. The Balaban J connectivity index is 1.59. The Bertz CT molecular complexity index is 915. The topological polar surface area (TPSA) is 81.9 Å². The minimum absolute atomic E-state index is 0.0136. The molecule has 1 N–H and O–H groups in total. The number of ether oxygens (including phenoxy) is 1. The van der Waals surface area contributed by atoms with E-state index in [1.807, 2.05) is 43.7 Å². The van der Waals surface area contributed by atoms with Crippen LogP contribution in [0, 0.1) is 5.92 Å². The Hall–Kier alpha value is -2.80. The van der Waals surface area contributed by atoms with Crippen molar-refractivity contribution in [1.82, 2.24) is 20.0 Å². The summed E-state index contributed by atoms with van der Waals surface area (Å²) >= 11 is 0. The van der Waals surface area contributed by atoms with Crippen molar-refractivity contribution < 1.29 is 9.53 Å². The van der Waals surface area contributed by atoms with Crippen LogP contribution in [-0.2, 0) is 16.6 Å². The summed E-state index contributed by atoms with van der Waals surface area (Å²) in [5.74, 6) is 0.445. The van der Waals surface area contributed by atoms with E-state index in [-0.39, 0.29) is 11.8 Å². The summed E-state index contributed by atoms with van der Waals surface area (Å²) in [5, 5.41) is 16.3. The Morgan fingerprint density at radius 2 is 2.04 bits per heavy atom. The van der Waals surface area contributed by atoms with Crippen LogP contribution in [0.2, 0.25) is 0 Å². The fourth-order valence-electron chi connectivity index (χ4n) is 3.04. The maximum Gasteiger partial charge on any atom is 0.228 e. The van der Waals surface area contributed by atoms with E-state index < -0.39 is 0 Å². The highest BCUT2D eigenvalue weighted by Gasteiger charge is 2.22. The SMILES string of the molecule is Cn1cc(-c2ccc3nnc(NC(=O)C4CCOCC4)cc3c2)cn1. The summed E-state index contributed by atoms with van der Waals surface area (Å²) in [6.45, 7) is 1.27. The van der Waals surface area contributed by atoms with E-state index >= 15 is 0 Å². The van der Waals surface area contributed by atoms with Gasteiger partial charge in [-0.2, -0.15) is 5.10 Å². The molecule has 0 atom stereocenters. The molecule has 2 aromatic heterocycles. The number of aromatic nitrogens is 4. The molecular formula is C18H19N5O2. The number of hydrogen-bond donors (Lipinski definition) is 1. The van der Waals surface area contributed by atoms with Crippen molar-refractivity contribution in [2.24, 2.45) is 13.0 Å². The summed E-state index contributed by atoms with van der Waals surface area (Å²) < 4.78 is 7.07. The van der Waals surface area contributed by atoms with E-state index in [9.17, 15) is 4.79 Å². The first-order valence-corrected chi connectivity index (χ1v) is 8.34. The van der Waals surface area contributed by atoms with Gasteiger partial charge in [-0.1, -0.05) is 6.07 Å². The average Bonchev–Trinajstić information content (AvgIpc) is 3.08. The Morgan fingerprint density at radius 3 is 2.80 bits per heavy atom. The zero-order valence-electron chi connectivity index (χ0n) is 14.0. The van der Waals surface area contributed by atoms with Crippen LogP contribution < -0.4 is 5.32 Å². The van der Waals surface area contributed by atoms with Gasteiger partial charge in [0.25, 0.3) is 0 Å². The van der Waals surface area contributed by atoms with Gasteiger partial charge in [-0.05, 0) is 36.6 Å². The third kappa shape index (κ3) is 3.36. The lowest BCUT2D eigenvalue weighted by molar-refractivity contribution is -0.122. The van der Waals surface area contributed by atoms with E-state index in [2.05, 4.69) is 20.6 Å². The van der Waals surface area contributed by atoms with Gasteiger partial charge in [0.15, 0.2) is 5.82 Å². The van der Waals surface area contributed by atoms with Gasteiger partial charge >= 0.3 is 0 Å². The summed E-state index contributed by atoms with van der Waals surface area (Å²) in [7, 11) is 1.89. The Morgan fingerprint density at radius 1 is 1.20 bits per heavy atom. The average molecular weight is 337 g/mol. The molecule has 1 saturated heterocycles. The number of rotatable bonds is 3. The highest BCUT2D eigenvalue weighted by atomic mass is 16.5. The number of carbonyl (C=O) groups is 1. The molecular weight excluding hydrogens is 318 g/mol. The van der Waals surface area contributed by atoms with Crippen LogP contribution >= 0.6 is 0 Å².